The van der Waals surface area contributed by atoms with Crippen molar-refractivity contribution in [2.75, 3.05) is 0 Å². The minimum Gasteiger partial charge on any atom is -0.478 e. The molecule has 0 bridgehead atoms. The Kier molecular flexibility index (Phi) is 3.15. The normalized spacial score (nSPS) is 36.9. The van der Waals surface area contributed by atoms with Crippen LogP contribution in [-0.4, -0.2) is 11.1 Å². The molecule has 0 spiro atoms. The lowest BCUT2D eigenvalue weighted by atomic mass is 9.57. The summed E-state index contributed by atoms with van der Waals surface area (Å²) in [5.74, 6) is 0.0152. The summed E-state index contributed by atoms with van der Waals surface area (Å²) in [7, 11) is 0. The van der Waals surface area contributed by atoms with Gasteiger partial charge in [0, 0.05) is 5.57 Å². The highest BCUT2D eigenvalue weighted by molar-refractivity contribution is 5.87. The highest BCUT2D eigenvalue weighted by atomic mass is 16.4. The second-order valence-electron chi connectivity index (χ2n) is 6.03. The van der Waals surface area contributed by atoms with Crippen LogP contribution in [0, 0.1) is 17.3 Å². The lowest BCUT2D eigenvalue weighted by molar-refractivity contribution is -0.134. The van der Waals surface area contributed by atoms with Crippen LogP contribution in [0.25, 0.3) is 0 Å². The van der Waals surface area contributed by atoms with E-state index in [0.29, 0.717) is 11.5 Å². The molecule has 17 heavy (non-hydrogen) atoms. The van der Waals surface area contributed by atoms with Crippen molar-refractivity contribution in [2.45, 2.75) is 46.0 Å². The van der Waals surface area contributed by atoms with Crippen LogP contribution in [0.15, 0.2) is 23.8 Å². The van der Waals surface area contributed by atoms with Gasteiger partial charge in [0.05, 0.1) is 0 Å². The maximum absolute atomic E-state index is 11.3. The van der Waals surface area contributed by atoms with E-state index in [1.807, 2.05) is 6.08 Å². The first kappa shape index (κ1) is 12.4. The molecule has 0 amide bonds. The smallest absolute Gasteiger partial charge is 0.331 e. The Balaban J connectivity index is 2.27. The number of allylic oxidation sites excluding steroid dienone is 2. The first-order valence-corrected chi connectivity index (χ1v) is 6.53. The predicted molar refractivity (Wildman–Crippen MR) is 68.7 cm³/mol. The van der Waals surface area contributed by atoms with E-state index < -0.39 is 5.97 Å². The Hall–Kier alpha value is -1.05. The first-order chi connectivity index (χ1) is 7.94. The quantitative estimate of drug-likeness (QED) is 0.738. The highest BCUT2D eigenvalue weighted by Gasteiger charge is 2.44. The number of carboxylic acid groups (broad SMARTS) is 1. The zero-order valence-electron chi connectivity index (χ0n) is 10.8. The van der Waals surface area contributed by atoms with Gasteiger partial charge in [-0.3, -0.25) is 0 Å². The van der Waals surface area contributed by atoms with Crippen LogP contribution in [-0.2, 0) is 4.79 Å². The van der Waals surface area contributed by atoms with Gasteiger partial charge in [-0.1, -0.05) is 25.2 Å². The van der Waals surface area contributed by atoms with Crippen LogP contribution in [0.1, 0.15) is 46.0 Å². The summed E-state index contributed by atoms with van der Waals surface area (Å²) in [6.45, 7) is 8.38. The monoisotopic (exact) mass is 234 g/mol. The van der Waals surface area contributed by atoms with E-state index in [4.69, 9.17) is 0 Å². The maximum Gasteiger partial charge on any atom is 0.331 e. The molecule has 2 rings (SSSR count). The van der Waals surface area contributed by atoms with Gasteiger partial charge in [-0.15, -0.1) is 0 Å². The molecular formula is C15H22O2. The molecule has 0 heterocycles. The molecule has 2 aliphatic carbocycles. The molecule has 0 aromatic rings. The molecule has 94 valence electrons. The minimum absolute atomic E-state index is 0.203. The molecule has 0 aromatic heterocycles. The summed E-state index contributed by atoms with van der Waals surface area (Å²) in [4.78, 5) is 11.3. The second kappa shape index (κ2) is 4.32. The number of hydrogen-bond acceptors (Lipinski definition) is 1. The van der Waals surface area contributed by atoms with Crippen LogP contribution in [0.5, 0.6) is 0 Å². The highest BCUT2D eigenvalue weighted by Crippen LogP contribution is 2.53. The van der Waals surface area contributed by atoms with E-state index in [-0.39, 0.29) is 11.3 Å². The molecule has 3 atom stereocenters. The number of carbonyl (C=O) groups is 1. The van der Waals surface area contributed by atoms with E-state index in [0.717, 1.165) is 25.7 Å². The molecule has 3 unspecified atom stereocenters. The Morgan fingerprint density at radius 1 is 1.53 bits per heavy atom. The fraction of sp³-hybridized carbons (Fsp3) is 0.667. The number of carboxylic acids is 1. The molecule has 0 radical (unpaired) electrons. The van der Waals surface area contributed by atoms with Crippen LogP contribution >= 0.6 is 0 Å². The Bertz CT molecular complexity index is 380. The fourth-order valence-corrected chi connectivity index (χ4v) is 3.55. The lowest BCUT2D eigenvalue weighted by Crippen LogP contribution is -2.39. The molecule has 1 N–H and O–H groups in total. The van der Waals surface area contributed by atoms with Crippen molar-refractivity contribution in [1.82, 2.24) is 0 Å². The van der Waals surface area contributed by atoms with Gasteiger partial charge in [0.2, 0.25) is 0 Å². The SMILES string of the molecule is C=C(C)C1CCC2(C)CCC=C(C(=O)O)C2C1. The molecule has 2 heteroatoms. The van der Waals surface area contributed by atoms with Crippen LogP contribution in [0.4, 0.5) is 0 Å². The third kappa shape index (κ3) is 2.18. The van der Waals surface area contributed by atoms with E-state index in [9.17, 15) is 9.90 Å². The molecule has 1 fully saturated rings. The zero-order chi connectivity index (χ0) is 12.6. The molecule has 0 aromatic carbocycles. The Morgan fingerprint density at radius 2 is 2.24 bits per heavy atom. The van der Waals surface area contributed by atoms with Gasteiger partial charge in [0.25, 0.3) is 0 Å². The van der Waals surface area contributed by atoms with Crippen molar-refractivity contribution in [3.63, 3.8) is 0 Å². The number of aliphatic carboxylic acids is 1. The lowest BCUT2D eigenvalue weighted by Gasteiger charge is -2.47. The summed E-state index contributed by atoms with van der Waals surface area (Å²) in [6, 6.07) is 0. The van der Waals surface area contributed by atoms with Gasteiger partial charge < -0.3 is 5.11 Å². The van der Waals surface area contributed by atoms with Gasteiger partial charge in [-0.25, -0.2) is 4.79 Å². The van der Waals surface area contributed by atoms with E-state index in [1.165, 1.54) is 12.0 Å². The molecule has 2 nitrogen and oxygen atoms in total. The standard InChI is InChI=1S/C15H22O2/c1-10(2)11-6-8-15(3)7-4-5-12(14(16)17)13(15)9-11/h5,11,13H,1,4,6-9H2,2-3H3,(H,16,17). The molecular weight excluding hydrogens is 212 g/mol. The summed E-state index contributed by atoms with van der Waals surface area (Å²) in [6.07, 6.45) is 7.29. The average molecular weight is 234 g/mol. The van der Waals surface area contributed by atoms with Crippen LogP contribution in [0.2, 0.25) is 0 Å². The summed E-state index contributed by atoms with van der Waals surface area (Å²) >= 11 is 0. The first-order valence-electron chi connectivity index (χ1n) is 6.53. The molecule has 1 saturated carbocycles. The third-order valence-corrected chi connectivity index (χ3v) is 4.82. The van der Waals surface area contributed by atoms with Gasteiger partial charge in [-0.05, 0) is 56.3 Å². The van der Waals surface area contributed by atoms with Crippen molar-refractivity contribution < 1.29 is 9.90 Å². The van der Waals surface area contributed by atoms with Gasteiger partial charge in [-0.2, -0.15) is 0 Å². The van der Waals surface area contributed by atoms with E-state index in [1.54, 1.807) is 0 Å². The summed E-state index contributed by atoms with van der Waals surface area (Å²) < 4.78 is 0. The van der Waals surface area contributed by atoms with Gasteiger partial charge in [0.15, 0.2) is 0 Å². The number of fused-ring (bicyclic) bond motifs is 1. The van der Waals surface area contributed by atoms with Gasteiger partial charge >= 0.3 is 5.97 Å². The number of rotatable bonds is 2. The van der Waals surface area contributed by atoms with Crippen LogP contribution < -0.4 is 0 Å². The fourth-order valence-electron chi connectivity index (χ4n) is 3.55. The number of hydrogen-bond donors (Lipinski definition) is 1. The topological polar surface area (TPSA) is 37.3 Å². The molecule has 2 aliphatic rings. The van der Waals surface area contributed by atoms with Crippen molar-refractivity contribution >= 4 is 5.97 Å². The zero-order valence-corrected chi connectivity index (χ0v) is 10.8. The van der Waals surface area contributed by atoms with Crippen molar-refractivity contribution in [3.05, 3.63) is 23.8 Å². The van der Waals surface area contributed by atoms with Crippen LogP contribution in [0.3, 0.4) is 0 Å². The summed E-state index contributed by atoms with van der Waals surface area (Å²) in [5, 5.41) is 9.33. The largest absolute Gasteiger partial charge is 0.478 e. The maximum atomic E-state index is 11.3. The average Bonchev–Trinajstić information content (AvgIpc) is 2.26. The third-order valence-electron chi connectivity index (χ3n) is 4.82. The summed E-state index contributed by atoms with van der Waals surface area (Å²) in [5.41, 5.74) is 2.07. The van der Waals surface area contributed by atoms with Crippen molar-refractivity contribution in [2.24, 2.45) is 17.3 Å². The van der Waals surface area contributed by atoms with Crippen molar-refractivity contribution in [1.29, 1.82) is 0 Å². The molecule has 0 saturated heterocycles. The second-order valence-corrected chi connectivity index (χ2v) is 6.03. The molecule has 0 aliphatic heterocycles. The Labute approximate surface area is 103 Å². The predicted octanol–water partition coefficient (Wildman–Crippen LogP) is 3.79. The van der Waals surface area contributed by atoms with Crippen molar-refractivity contribution in [3.8, 4) is 0 Å². The van der Waals surface area contributed by atoms with Gasteiger partial charge in [0.1, 0.15) is 0 Å². The Morgan fingerprint density at radius 3 is 2.82 bits per heavy atom. The van der Waals surface area contributed by atoms with E-state index in [2.05, 4.69) is 20.4 Å². The van der Waals surface area contributed by atoms with E-state index >= 15 is 0 Å². The minimum atomic E-state index is -0.719.